The molecule has 2 atom stereocenters. The van der Waals surface area contributed by atoms with Crippen LogP contribution in [0.25, 0.3) is 0 Å². The number of para-hydroxylation sites is 1. The molecule has 130 valence electrons. The third-order valence-corrected chi connectivity index (χ3v) is 3.40. The molecular formula is C17H28ClN3O2. The SMILES string of the molecule is CC(C)C[C@H](NC(=O)[C@@H](N)C(C)C)C(=O)Nc1ccccc1.Cl. The lowest BCUT2D eigenvalue weighted by atomic mass is 10.0. The Morgan fingerprint density at radius 1 is 1.04 bits per heavy atom. The molecule has 4 N–H and O–H groups in total. The van der Waals surface area contributed by atoms with E-state index in [9.17, 15) is 9.59 Å². The predicted molar refractivity (Wildman–Crippen MR) is 96.5 cm³/mol. The van der Waals surface area contributed by atoms with Gasteiger partial charge in [-0.1, -0.05) is 45.9 Å². The predicted octanol–water partition coefficient (Wildman–Crippen LogP) is 2.56. The van der Waals surface area contributed by atoms with E-state index in [2.05, 4.69) is 10.6 Å². The summed E-state index contributed by atoms with van der Waals surface area (Å²) in [7, 11) is 0. The molecule has 2 amide bonds. The summed E-state index contributed by atoms with van der Waals surface area (Å²) in [6, 6.07) is 8.00. The first-order valence-electron chi connectivity index (χ1n) is 7.73. The van der Waals surface area contributed by atoms with Crippen molar-refractivity contribution < 1.29 is 9.59 Å². The molecule has 0 radical (unpaired) electrons. The lowest BCUT2D eigenvalue weighted by Crippen LogP contribution is -2.52. The van der Waals surface area contributed by atoms with Crippen LogP contribution in [0.15, 0.2) is 30.3 Å². The van der Waals surface area contributed by atoms with Crippen molar-refractivity contribution in [3.63, 3.8) is 0 Å². The first-order valence-corrected chi connectivity index (χ1v) is 7.73. The van der Waals surface area contributed by atoms with Crippen molar-refractivity contribution in [3.05, 3.63) is 30.3 Å². The number of halogens is 1. The van der Waals surface area contributed by atoms with E-state index in [0.717, 1.165) is 0 Å². The second kappa shape index (κ2) is 10.2. The number of benzene rings is 1. The van der Waals surface area contributed by atoms with Gasteiger partial charge in [0.1, 0.15) is 6.04 Å². The lowest BCUT2D eigenvalue weighted by Gasteiger charge is -2.23. The number of amides is 2. The summed E-state index contributed by atoms with van der Waals surface area (Å²) < 4.78 is 0. The van der Waals surface area contributed by atoms with Crippen molar-refractivity contribution >= 4 is 29.9 Å². The molecule has 0 aliphatic rings. The summed E-state index contributed by atoms with van der Waals surface area (Å²) in [5.74, 6) is -0.202. The van der Waals surface area contributed by atoms with E-state index in [1.165, 1.54) is 0 Å². The zero-order valence-corrected chi connectivity index (χ0v) is 15.0. The Bertz CT molecular complexity index is 492. The van der Waals surface area contributed by atoms with E-state index in [1.807, 2.05) is 58.0 Å². The first-order chi connectivity index (χ1) is 10.3. The maximum Gasteiger partial charge on any atom is 0.246 e. The monoisotopic (exact) mass is 341 g/mol. The Labute approximate surface area is 144 Å². The average Bonchev–Trinajstić information content (AvgIpc) is 2.46. The average molecular weight is 342 g/mol. The fraction of sp³-hybridized carbons (Fsp3) is 0.529. The van der Waals surface area contributed by atoms with Gasteiger partial charge in [0, 0.05) is 5.69 Å². The number of rotatable bonds is 7. The van der Waals surface area contributed by atoms with Gasteiger partial charge in [-0.2, -0.15) is 0 Å². The zero-order valence-electron chi connectivity index (χ0n) is 14.2. The Morgan fingerprint density at radius 3 is 2.09 bits per heavy atom. The van der Waals surface area contributed by atoms with Crippen LogP contribution in [0.4, 0.5) is 5.69 Å². The highest BCUT2D eigenvalue weighted by atomic mass is 35.5. The Morgan fingerprint density at radius 2 is 1.61 bits per heavy atom. The van der Waals surface area contributed by atoms with Crippen LogP contribution in [0.1, 0.15) is 34.1 Å². The van der Waals surface area contributed by atoms with E-state index in [4.69, 9.17) is 5.73 Å². The van der Waals surface area contributed by atoms with Gasteiger partial charge in [0.15, 0.2) is 0 Å². The molecule has 0 unspecified atom stereocenters. The van der Waals surface area contributed by atoms with E-state index >= 15 is 0 Å². The van der Waals surface area contributed by atoms with Crippen molar-refractivity contribution in [1.29, 1.82) is 0 Å². The van der Waals surface area contributed by atoms with Crippen LogP contribution in [0.2, 0.25) is 0 Å². The highest BCUT2D eigenvalue weighted by Crippen LogP contribution is 2.11. The number of hydrogen-bond acceptors (Lipinski definition) is 3. The van der Waals surface area contributed by atoms with Crippen molar-refractivity contribution in [2.24, 2.45) is 17.6 Å². The topological polar surface area (TPSA) is 84.2 Å². The molecule has 6 heteroatoms. The van der Waals surface area contributed by atoms with E-state index < -0.39 is 12.1 Å². The molecule has 0 aromatic heterocycles. The third-order valence-electron chi connectivity index (χ3n) is 3.40. The van der Waals surface area contributed by atoms with Crippen LogP contribution >= 0.6 is 12.4 Å². The quantitative estimate of drug-likeness (QED) is 0.712. The lowest BCUT2D eigenvalue weighted by molar-refractivity contribution is -0.128. The van der Waals surface area contributed by atoms with Gasteiger partial charge in [-0.3, -0.25) is 9.59 Å². The van der Waals surface area contributed by atoms with Gasteiger partial charge < -0.3 is 16.4 Å². The van der Waals surface area contributed by atoms with E-state index in [1.54, 1.807) is 0 Å². The van der Waals surface area contributed by atoms with Gasteiger partial charge in [-0.25, -0.2) is 0 Å². The number of nitrogens with two attached hydrogens (primary N) is 1. The molecule has 1 aromatic rings. The molecular weight excluding hydrogens is 314 g/mol. The van der Waals surface area contributed by atoms with Gasteiger partial charge >= 0.3 is 0 Å². The summed E-state index contributed by atoms with van der Waals surface area (Å²) in [4.78, 5) is 24.5. The molecule has 0 aliphatic heterocycles. The van der Waals surface area contributed by atoms with Gasteiger partial charge in [0.05, 0.1) is 6.04 Å². The Kier molecular flexibility index (Phi) is 9.53. The summed E-state index contributed by atoms with van der Waals surface area (Å²) in [5.41, 5.74) is 6.56. The fourth-order valence-electron chi connectivity index (χ4n) is 2.02. The van der Waals surface area contributed by atoms with Crippen LogP contribution in [-0.4, -0.2) is 23.9 Å². The van der Waals surface area contributed by atoms with Crippen LogP contribution < -0.4 is 16.4 Å². The number of carbonyl (C=O) groups excluding carboxylic acids is 2. The molecule has 5 nitrogen and oxygen atoms in total. The zero-order chi connectivity index (χ0) is 16.7. The number of anilines is 1. The smallest absolute Gasteiger partial charge is 0.246 e. The third kappa shape index (κ3) is 7.48. The molecule has 1 rings (SSSR count). The molecule has 0 bridgehead atoms. The minimum absolute atomic E-state index is 0. The molecule has 0 saturated carbocycles. The van der Waals surface area contributed by atoms with Crippen LogP contribution in [0, 0.1) is 11.8 Å². The van der Waals surface area contributed by atoms with Gasteiger partial charge in [-0.15, -0.1) is 12.4 Å². The van der Waals surface area contributed by atoms with Gasteiger partial charge in [-0.05, 0) is 30.4 Å². The minimum Gasteiger partial charge on any atom is -0.343 e. The highest BCUT2D eigenvalue weighted by molar-refractivity contribution is 5.97. The van der Waals surface area contributed by atoms with Crippen molar-refractivity contribution in [2.75, 3.05) is 5.32 Å². The van der Waals surface area contributed by atoms with Crippen LogP contribution in [0.3, 0.4) is 0 Å². The van der Waals surface area contributed by atoms with Crippen LogP contribution in [-0.2, 0) is 9.59 Å². The Hall–Kier alpha value is -1.59. The molecule has 0 saturated heterocycles. The van der Waals surface area contributed by atoms with E-state index in [-0.39, 0.29) is 36.1 Å². The van der Waals surface area contributed by atoms with Gasteiger partial charge in [0.2, 0.25) is 11.8 Å². The molecule has 23 heavy (non-hydrogen) atoms. The molecule has 0 fully saturated rings. The largest absolute Gasteiger partial charge is 0.343 e. The fourth-order valence-corrected chi connectivity index (χ4v) is 2.02. The number of carbonyl (C=O) groups is 2. The summed E-state index contributed by atoms with van der Waals surface area (Å²) in [6.07, 6.45) is 0.565. The molecule has 1 aromatic carbocycles. The van der Waals surface area contributed by atoms with Gasteiger partial charge in [0.25, 0.3) is 0 Å². The van der Waals surface area contributed by atoms with Crippen molar-refractivity contribution in [1.82, 2.24) is 5.32 Å². The molecule has 0 aliphatic carbocycles. The summed E-state index contributed by atoms with van der Waals surface area (Å²) >= 11 is 0. The van der Waals surface area contributed by atoms with Crippen molar-refractivity contribution in [2.45, 2.75) is 46.2 Å². The summed E-state index contributed by atoms with van der Waals surface area (Å²) in [5, 5.41) is 5.60. The summed E-state index contributed by atoms with van der Waals surface area (Å²) in [6.45, 7) is 7.78. The van der Waals surface area contributed by atoms with Crippen LogP contribution in [0.5, 0.6) is 0 Å². The normalized spacial score (nSPS) is 13.2. The number of hydrogen-bond donors (Lipinski definition) is 3. The second-order valence-electron chi connectivity index (χ2n) is 6.32. The maximum absolute atomic E-state index is 12.4. The second-order valence-corrected chi connectivity index (χ2v) is 6.32. The standard InChI is InChI=1S/C17H27N3O2.ClH/c1-11(2)10-14(20-17(22)15(18)12(3)4)16(21)19-13-8-6-5-7-9-13;/h5-9,11-12,14-15H,10,18H2,1-4H3,(H,19,21)(H,20,22);1H/t14-,15-;/m0./s1. The van der Waals surface area contributed by atoms with E-state index in [0.29, 0.717) is 12.1 Å². The first kappa shape index (κ1) is 21.4. The highest BCUT2D eigenvalue weighted by Gasteiger charge is 2.25. The maximum atomic E-state index is 12.4. The number of nitrogens with one attached hydrogen (secondary N) is 2. The molecule has 0 spiro atoms. The Balaban J connectivity index is 0.00000484. The molecule has 0 heterocycles. The van der Waals surface area contributed by atoms with Crippen molar-refractivity contribution in [3.8, 4) is 0 Å². The minimum atomic E-state index is -0.612.